The highest BCUT2D eigenvalue weighted by Gasteiger charge is 2.16. The minimum Gasteiger partial charge on any atom is -0.483 e. The third kappa shape index (κ3) is 4.63. The van der Waals surface area contributed by atoms with Crippen LogP contribution in [0, 0.1) is 0 Å². The molecule has 2 aromatic carbocycles. The summed E-state index contributed by atoms with van der Waals surface area (Å²) >= 11 is 12.3. The van der Waals surface area contributed by atoms with Crippen LogP contribution in [0.3, 0.4) is 0 Å². The Morgan fingerprint density at radius 3 is 2.38 bits per heavy atom. The monoisotopic (exact) mass is 323 g/mol. The predicted molar refractivity (Wildman–Crippen MR) is 89.4 cm³/mol. The van der Waals surface area contributed by atoms with E-state index in [1.165, 1.54) is 0 Å². The average molecular weight is 324 g/mol. The van der Waals surface area contributed by atoms with Crippen molar-refractivity contribution in [1.29, 1.82) is 0 Å². The van der Waals surface area contributed by atoms with E-state index in [1.807, 2.05) is 42.5 Å². The zero-order chi connectivity index (χ0) is 15.2. The van der Waals surface area contributed by atoms with E-state index in [0.717, 1.165) is 5.56 Å². The number of ether oxygens (including phenoxy) is 1. The maximum absolute atomic E-state index is 6.21. The summed E-state index contributed by atoms with van der Waals surface area (Å²) in [5.41, 5.74) is 1.10. The number of halogens is 2. The number of benzene rings is 2. The number of hydrogen-bond acceptors (Lipinski definition) is 2. The van der Waals surface area contributed by atoms with Crippen LogP contribution in [0.1, 0.15) is 25.5 Å². The molecule has 2 nitrogen and oxygen atoms in total. The molecule has 0 saturated carbocycles. The lowest BCUT2D eigenvalue weighted by Crippen LogP contribution is -2.30. The van der Waals surface area contributed by atoms with Gasteiger partial charge in [0.25, 0.3) is 0 Å². The van der Waals surface area contributed by atoms with Gasteiger partial charge in [-0.1, -0.05) is 73.4 Å². The normalized spacial score (nSPS) is 12.4. The van der Waals surface area contributed by atoms with E-state index in [-0.39, 0.29) is 6.10 Å². The zero-order valence-electron chi connectivity index (χ0n) is 12.1. The lowest BCUT2D eigenvalue weighted by atomic mass is 10.1. The average Bonchev–Trinajstić information content (AvgIpc) is 2.48. The van der Waals surface area contributed by atoms with Gasteiger partial charge in [0.1, 0.15) is 16.9 Å². The summed E-state index contributed by atoms with van der Waals surface area (Å²) in [5.74, 6) is 0.601. The summed E-state index contributed by atoms with van der Waals surface area (Å²) in [6.07, 6.45) is -0.121. The van der Waals surface area contributed by atoms with Crippen LogP contribution in [0.5, 0.6) is 5.75 Å². The van der Waals surface area contributed by atoms with Gasteiger partial charge in [-0.15, -0.1) is 0 Å². The van der Waals surface area contributed by atoms with Crippen LogP contribution < -0.4 is 10.1 Å². The molecule has 0 radical (unpaired) electrons. The molecule has 0 amide bonds. The topological polar surface area (TPSA) is 21.3 Å². The highest BCUT2D eigenvalue weighted by Crippen LogP contribution is 2.34. The molecule has 0 saturated heterocycles. The molecule has 0 aliphatic heterocycles. The molecule has 21 heavy (non-hydrogen) atoms. The quantitative estimate of drug-likeness (QED) is 0.797. The van der Waals surface area contributed by atoms with Crippen LogP contribution in [0.4, 0.5) is 0 Å². The Kier molecular flexibility index (Phi) is 5.92. The Labute approximate surface area is 136 Å². The van der Waals surface area contributed by atoms with Crippen molar-refractivity contribution >= 4 is 23.2 Å². The van der Waals surface area contributed by atoms with Crippen molar-refractivity contribution in [1.82, 2.24) is 5.32 Å². The van der Waals surface area contributed by atoms with Crippen molar-refractivity contribution in [2.45, 2.75) is 26.0 Å². The van der Waals surface area contributed by atoms with Gasteiger partial charge >= 0.3 is 0 Å². The summed E-state index contributed by atoms with van der Waals surface area (Å²) in [6.45, 7) is 4.91. The van der Waals surface area contributed by atoms with Gasteiger partial charge in [-0.05, 0) is 17.7 Å². The molecule has 112 valence electrons. The molecular weight excluding hydrogens is 305 g/mol. The highest BCUT2D eigenvalue weighted by atomic mass is 35.5. The van der Waals surface area contributed by atoms with Crippen LogP contribution in [0.15, 0.2) is 48.5 Å². The van der Waals surface area contributed by atoms with Gasteiger partial charge in [-0.25, -0.2) is 0 Å². The van der Waals surface area contributed by atoms with Crippen LogP contribution in [0.2, 0.25) is 10.0 Å². The summed E-state index contributed by atoms with van der Waals surface area (Å²) < 4.78 is 6.08. The molecule has 1 unspecified atom stereocenters. The molecule has 4 heteroatoms. The predicted octanol–water partition coefficient (Wildman–Crippen LogP) is 5.11. The van der Waals surface area contributed by atoms with Gasteiger partial charge in [0.2, 0.25) is 0 Å². The number of rotatable bonds is 6. The summed E-state index contributed by atoms with van der Waals surface area (Å²) in [6, 6.07) is 15.9. The van der Waals surface area contributed by atoms with E-state index in [1.54, 1.807) is 6.07 Å². The van der Waals surface area contributed by atoms with Gasteiger partial charge in [-0.2, -0.15) is 0 Å². The standard InChI is InChI=1S/C17H19Cl2NO/c1-12(2)20-11-16(13-7-4-3-5-8-13)21-15-10-6-9-14(18)17(15)19/h3-10,12,16,20H,11H2,1-2H3. The smallest absolute Gasteiger partial charge is 0.140 e. The van der Waals surface area contributed by atoms with E-state index in [9.17, 15) is 0 Å². The first kappa shape index (κ1) is 16.2. The first-order chi connectivity index (χ1) is 10.1. The second-order valence-electron chi connectivity index (χ2n) is 5.13. The molecule has 0 fully saturated rings. The molecule has 0 aromatic heterocycles. The van der Waals surface area contributed by atoms with Crippen molar-refractivity contribution in [3.05, 3.63) is 64.1 Å². The van der Waals surface area contributed by atoms with Crippen molar-refractivity contribution < 1.29 is 4.74 Å². The Morgan fingerprint density at radius 1 is 1.00 bits per heavy atom. The van der Waals surface area contributed by atoms with E-state index >= 15 is 0 Å². The fraction of sp³-hybridized carbons (Fsp3) is 0.294. The Hall–Kier alpha value is -1.22. The van der Waals surface area contributed by atoms with E-state index in [4.69, 9.17) is 27.9 Å². The SMILES string of the molecule is CC(C)NCC(Oc1cccc(Cl)c1Cl)c1ccccc1. The number of hydrogen-bond donors (Lipinski definition) is 1. The van der Waals surface area contributed by atoms with Crippen LogP contribution in [0.25, 0.3) is 0 Å². The Balaban J connectivity index is 2.21. The van der Waals surface area contributed by atoms with Crippen molar-refractivity contribution in [2.24, 2.45) is 0 Å². The molecule has 1 atom stereocenters. The minimum atomic E-state index is -0.121. The number of nitrogens with one attached hydrogen (secondary N) is 1. The molecule has 2 rings (SSSR count). The first-order valence-corrected chi connectivity index (χ1v) is 7.72. The summed E-state index contributed by atoms with van der Waals surface area (Å²) in [5, 5.41) is 4.34. The lowest BCUT2D eigenvalue weighted by Gasteiger charge is -2.22. The zero-order valence-corrected chi connectivity index (χ0v) is 13.7. The first-order valence-electron chi connectivity index (χ1n) is 6.97. The van der Waals surface area contributed by atoms with Crippen LogP contribution in [-0.4, -0.2) is 12.6 Å². The maximum Gasteiger partial charge on any atom is 0.140 e. The van der Waals surface area contributed by atoms with Gasteiger partial charge in [0, 0.05) is 12.6 Å². The molecule has 0 spiro atoms. The highest BCUT2D eigenvalue weighted by molar-refractivity contribution is 6.42. The van der Waals surface area contributed by atoms with Crippen molar-refractivity contribution in [3.63, 3.8) is 0 Å². The van der Waals surface area contributed by atoms with E-state index < -0.39 is 0 Å². The van der Waals surface area contributed by atoms with Gasteiger partial charge in [0.05, 0.1) is 5.02 Å². The van der Waals surface area contributed by atoms with Crippen molar-refractivity contribution in [3.8, 4) is 5.75 Å². The molecule has 1 N–H and O–H groups in total. The Morgan fingerprint density at radius 2 is 1.71 bits per heavy atom. The van der Waals surface area contributed by atoms with Crippen molar-refractivity contribution in [2.75, 3.05) is 6.54 Å². The molecule has 0 aliphatic rings. The molecular formula is C17H19Cl2NO. The Bertz CT molecular complexity index is 572. The lowest BCUT2D eigenvalue weighted by molar-refractivity contribution is 0.198. The molecule has 0 bridgehead atoms. The largest absolute Gasteiger partial charge is 0.483 e. The molecule has 0 heterocycles. The third-order valence-corrected chi connectivity index (χ3v) is 3.87. The second kappa shape index (κ2) is 7.69. The van der Waals surface area contributed by atoms with Gasteiger partial charge in [0.15, 0.2) is 0 Å². The van der Waals surface area contributed by atoms with Gasteiger partial charge in [-0.3, -0.25) is 0 Å². The maximum atomic E-state index is 6.21. The third-order valence-electron chi connectivity index (χ3n) is 3.07. The van der Waals surface area contributed by atoms with E-state index in [2.05, 4.69) is 19.2 Å². The van der Waals surface area contributed by atoms with Crippen LogP contribution in [-0.2, 0) is 0 Å². The fourth-order valence-electron chi connectivity index (χ4n) is 1.97. The molecule has 0 aliphatic carbocycles. The fourth-order valence-corrected chi connectivity index (χ4v) is 2.30. The summed E-state index contributed by atoms with van der Waals surface area (Å²) in [4.78, 5) is 0. The molecule has 2 aromatic rings. The summed E-state index contributed by atoms with van der Waals surface area (Å²) in [7, 11) is 0. The van der Waals surface area contributed by atoms with Crippen LogP contribution >= 0.6 is 23.2 Å². The van der Waals surface area contributed by atoms with Gasteiger partial charge < -0.3 is 10.1 Å². The van der Waals surface area contributed by atoms with E-state index in [0.29, 0.717) is 28.4 Å². The second-order valence-corrected chi connectivity index (χ2v) is 5.92. The minimum absolute atomic E-state index is 0.121.